The van der Waals surface area contributed by atoms with Gasteiger partial charge in [0.15, 0.2) is 0 Å². The summed E-state index contributed by atoms with van der Waals surface area (Å²) in [5.74, 6) is 4.25. The third-order valence-electron chi connectivity index (χ3n) is 17.4. The molecule has 0 heterocycles. The monoisotopic (exact) mass is 1090 g/mol. The molecule has 0 rings (SSSR count). The summed E-state index contributed by atoms with van der Waals surface area (Å²) in [4.78, 5) is 0. The first-order valence-corrected chi connectivity index (χ1v) is 38.7. The van der Waals surface area contributed by atoms with Gasteiger partial charge in [-0.15, -0.1) is 0 Å². The lowest BCUT2D eigenvalue weighted by Gasteiger charge is -2.17. The second-order valence-electron chi connectivity index (χ2n) is 25.2. The van der Waals surface area contributed by atoms with Crippen LogP contribution in [0.15, 0.2) is 0 Å². The van der Waals surface area contributed by atoms with E-state index in [9.17, 15) is 0 Å². The number of hydrogen-bond donors (Lipinski definition) is 0. The SMILES string of the molecule is CCCCCCCCCCCCCCCCCCCCCCCCCCCC(CCCCCCCCCCCCCCCCCCCCCCCCCCCCSCCCCCCCC)SCCCCCCCCC. The van der Waals surface area contributed by atoms with Crippen LogP contribution in [-0.4, -0.2) is 22.5 Å². The van der Waals surface area contributed by atoms with Crippen LogP contribution in [0.5, 0.6) is 0 Å². The zero-order chi connectivity index (χ0) is 53.8. The van der Waals surface area contributed by atoms with Gasteiger partial charge in [0.05, 0.1) is 0 Å². The summed E-state index contributed by atoms with van der Waals surface area (Å²) in [5.41, 5.74) is 0. The first kappa shape index (κ1) is 75.7. The lowest BCUT2D eigenvalue weighted by molar-refractivity contribution is 0.509. The third-order valence-corrected chi connectivity index (χ3v) is 20.1. The zero-order valence-electron chi connectivity index (χ0n) is 53.2. The minimum Gasteiger partial charge on any atom is -0.162 e. The van der Waals surface area contributed by atoms with Crippen molar-refractivity contribution in [1.82, 2.24) is 0 Å². The Hall–Kier alpha value is 0.700. The van der Waals surface area contributed by atoms with Crippen molar-refractivity contribution in [3.63, 3.8) is 0 Å². The molecule has 75 heavy (non-hydrogen) atoms. The van der Waals surface area contributed by atoms with Crippen LogP contribution in [0.25, 0.3) is 0 Å². The third kappa shape index (κ3) is 70.8. The highest BCUT2D eigenvalue weighted by Crippen LogP contribution is 2.27. The molecule has 0 aliphatic heterocycles. The van der Waals surface area contributed by atoms with Crippen LogP contribution in [-0.2, 0) is 0 Å². The smallest absolute Gasteiger partial charge is 0.00470 e. The van der Waals surface area contributed by atoms with Gasteiger partial charge >= 0.3 is 0 Å². The van der Waals surface area contributed by atoms with Crippen LogP contribution in [0.2, 0.25) is 0 Å². The van der Waals surface area contributed by atoms with Crippen LogP contribution >= 0.6 is 23.5 Å². The Balaban J connectivity index is 3.62. The molecule has 0 fully saturated rings. The van der Waals surface area contributed by atoms with E-state index in [1.807, 2.05) is 0 Å². The maximum atomic E-state index is 2.38. The van der Waals surface area contributed by atoms with Crippen molar-refractivity contribution in [2.24, 2.45) is 0 Å². The van der Waals surface area contributed by atoms with Crippen LogP contribution in [0.1, 0.15) is 445 Å². The topological polar surface area (TPSA) is 0 Å². The molecule has 0 bridgehead atoms. The van der Waals surface area contributed by atoms with Crippen molar-refractivity contribution in [3.05, 3.63) is 0 Å². The molecule has 0 amide bonds. The van der Waals surface area contributed by atoms with Crippen molar-refractivity contribution < 1.29 is 0 Å². The predicted octanol–water partition coefficient (Wildman–Crippen LogP) is 28.6. The average Bonchev–Trinajstić information content (AvgIpc) is 3.42. The number of thioether (sulfide) groups is 2. The van der Waals surface area contributed by atoms with Crippen LogP contribution in [0.3, 0.4) is 0 Å². The molecule has 0 saturated heterocycles. The predicted molar refractivity (Wildman–Crippen MR) is 355 cm³/mol. The fourth-order valence-electron chi connectivity index (χ4n) is 12.0. The fourth-order valence-corrected chi connectivity index (χ4v) is 14.4. The van der Waals surface area contributed by atoms with Gasteiger partial charge < -0.3 is 0 Å². The Morgan fingerprint density at radius 2 is 0.307 bits per heavy atom. The molecule has 0 N–H and O–H groups in total. The lowest BCUT2D eigenvalue weighted by Crippen LogP contribution is -2.04. The molecule has 0 saturated carbocycles. The van der Waals surface area contributed by atoms with Crippen molar-refractivity contribution in [2.75, 3.05) is 17.3 Å². The highest BCUT2D eigenvalue weighted by molar-refractivity contribution is 7.99. The molecule has 0 aromatic heterocycles. The second-order valence-corrected chi connectivity index (χ2v) is 27.9. The lowest BCUT2D eigenvalue weighted by atomic mass is 10.0. The van der Waals surface area contributed by atoms with Gasteiger partial charge in [0.2, 0.25) is 0 Å². The summed E-state index contributed by atoms with van der Waals surface area (Å²) in [7, 11) is 0. The minimum absolute atomic E-state index is 0.947. The molecule has 0 aromatic carbocycles. The van der Waals surface area contributed by atoms with Gasteiger partial charge in [-0.3, -0.25) is 0 Å². The Bertz CT molecular complexity index is 932. The van der Waals surface area contributed by atoms with Crippen molar-refractivity contribution >= 4 is 23.5 Å². The van der Waals surface area contributed by atoms with Crippen LogP contribution < -0.4 is 0 Å². The van der Waals surface area contributed by atoms with Gasteiger partial charge in [0, 0.05) is 5.25 Å². The van der Waals surface area contributed by atoms with E-state index >= 15 is 0 Å². The summed E-state index contributed by atoms with van der Waals surface area (Å²) < 4.78 is 0. The van der Waals surface area contributed by atoms with Gasteiger partial charge in [-0.2, -0.15) is 23.5 Å². The Kier molecular flexibility index (Phi) is 73.4. The molecular formula is C73H148S2. The molecule has 0 radical (unpaired) electrons. The molecule has 452 valence electrons. The van der Waals surface area contributed by atoms with Gasteiger partial charge in [-0.1, -0.05) is 412 Å². The van der Waals surface area contributed by atoms with E-state index in [1.54, 1.807) is 0 Å². The normalized spacial score (nSPS) is 12.2. The van der Waals surface area contributed by atoms with E-state index in [2.05, 4.69) is 44.3 Å². The Morgan fingerprint density at radius 1 is 0.160 bits per heavy atom. The Morgan fingerprint density at radius 3 is 0.493 bits per heavy atom. The maximum absolute atomic E-state index is 2.38. The fraction of sp³-hybridized carbons (Fsp3) is 1.00. The molecular weight excluding hydrogens is 941 g/mol. The van der Waals surface area contributed by atoms with E-state index in [0.29, 0.717) is 0 Å². The van der Waals surface area contributed by atoms with Crippen molar-refractivity contribution in [1.29, 1.82) is 0 Å². The van der Waals surface area contributed by atoms with E-state index in [0.717, 1.165) is 5.25 Å². The van der Waals surface area contributed by atoms with Gasteiger partial charge in [0.1, 0.15) is 0 Å². The van der Waals surface area contributed by atoms with Crippen molar-refractivity contribution in [2.45, 2.75) is 450 Å². The first-order valence-electron chi connectivity index (χ1n) is 36.5. The van der Waals surface area contributed by atoms with Gasteiger partial charge in [-0.05, 0) is 49.4 Å². The summed E-state index contributed by atoms with van der Waals surface area (Å²) in [6, 6.07) is 0. The standard InChI is InChI=1S/C73H148S2/c1-4-7-10-13-16-17-18-19-20-21-22-23-24-27-30-33-36-39-42-45-48-51-54-58-63-68-73(75-72-67-62-56-14-11-8-5-2)69-64-59-55-52-49-46-43-40-37-34-31-28-25-26-29-32-35-38-41-44-47-50-53-57-61-66-71-74-70-65-60-15-12-9-6-3/h73H,4-72H2,1-3H3. The number of unbranched alkanes of at least 4 members (excludes halogenated alkanes) is 60. The largest absolute Gasteiger partial charge is 0.162 e. The molecule has 1 unspecified atom stereocenters. The first-order chi connectivity index (χ1) is 37.3. The van der Waals surface area contributed by atoms with Gasteiger partial charge in [0.25, 0.3) is 0 Å². The molecule has 0 aromatic rings. The number of rotatable bonds is 71. The van der Waals surface area contributed by atoms with Crippen LogP contribution in [0, 0.1) is 0 Å². The summed E-state index contributed by atoms with van der Waals surface area (Å²) in [6.07, 6.45) is 97.7. The molecule has 1 atom stereocenters. The summed E-state index contributed by atoms with van der Waals surface area (Å²) in [6.45, 7) is 6.97. The molecule has 0 nitrogen and oxygen atoms in total. The van der Waals surface area contributed by atoms with Crippen molar-refractivity contribution in [3.8, 4) is 0 Å². The van der Waals surface area contributed by atoms with E-state index in [4.69, 9.17) is 0 Å². The van der Waals surface area contributed by atoms with Crippen LogP contribution in [0.4, 0.5) is 0 Å². The second kappa shape index (κ2) is 72.7. The zero-order valence-corrected chi connectivity index (χ0v) is 54.8. The molecule has 2 heteroatoms. The molecule has 0 aliphatic carbocycles. The molecule has 0 spiro atoms. The number of hydrogen-bond acceptors (Lipinski definition) is 2. The molecule has 0 aliphatic rings. The van der Waals surface area contributed by atoms with Gasteiger partial charge in [-0.25, -0.2) is 0 Å². The Labute approximate surface area is 487 Å². The van der Waals surface area contributed by atoms with E-state index in [1.165, 1.54) is 441 Å². The maximum Gasteiger partial charge on any atom is 0.00470 e. The summed E-state index contributed by atoms with van der Waals surface area (Å²) in [5, 5.41) is 0.947. The van der Waals surface area contributed by atoms with E-state index in [-0.39, 0.29) is 0 Å². The quantitative estimate of drug-likeness (QED) is 0.0557. The van der Waals surface area contributed by atoms with E-state index < -0.39 is 0 Å². The average molecular weight is 1090 g/mol. The highest BCUT2D eigenvalue weighted by Gasteiger charge is 2.10. The summed E-state index contributed by atoms with van der Waals surface area (Å²) >= 11 is 4.60. The highest BCUT2D eigenvalue weighted by atomic mass is 32.2. The minimum atomic E-state index is 0.947.